The number of hydrogen-bond acceptors (Lipinski definition) is 3. The van der Waals surface area contributed by atoms with E-state index in [0.717, 1.165) is 30.4 Å². The van der Waals surface area contributed by atoms with Gasteiger partial charge in [-0.25, -0.2) is 0 Å². The number of aliphatic hydroxyl groups is 1. The predicted molar refractivity (Wildman–Crippen MR) is 109 cm³/mol. The second-order valence-electron chi connectivity index (χ2n) is 8.39. The first-order valence-electron chi connectivity index (χ1n) is 10.3. The molecule has 0 heterocycles. The molecular formula is C25H24O3. The fourth-order valence-corrected chi connectivity index (χ4v) is 5.56. The van der Waals surface area contributed by atoms with Crippen molar-refractivity contribution in [3.8, 4) is 11.1 Å². The Bertz CT molecular complexity index is 983. The highest BCUT2D eigenvalue weighted by molar-refractivity contribution is 6.58. The van der Waals surface area contributed by atoms with Crippen LogP contribution in [0.2, 0.25) is 0 Å². The highest BCUT2D eigenvalue weighted by Crippen LogP contribution is 2.49. The van der Waals surface area contributed by atoms with Gasteiger partial charge >= 0.3 is 0 Å². The van der Waals surface area contributed by atoms with Crippen LogP contribution in [0.1, 0.15) is 37.7 Å². The molecule has 3 heteroatoms. The quantitative estimate of drug-likeness (QED) is 0.581. The van der Waals surface area contributed by atoms with Crippen LogP contribution in [0.5, 0.6) is 0 Å². The minimum atomic E-state index is -0.714. The molecule has 0 spiro atoms. The maximum atomic E-state index is 13.0. The Morgan fingerprint density at radius 2 is 1.64 bits per heavy atom. The van der Waals surface area contributed by atoms with Crippen molar-refractivity contribution in [1.82, 2.24) is 0 Å². The van der Waals surface area contributed by atoms with Gasteiger partial charge in [-0.15, -0.1) is 0 Å². The normalized spacial score (nSPS) is 30.1. The summed E-state index contributed by atoms with van der Waals surface area (Å²) in [6, 6.07) is 13.5. The second-order valence-corrected chi connectivity index (χ2v) is 8.39. The van der Waals surface area contributed by atoms with Crippen molar-refractivity contribution in [2.45, 2.75) is 32.1 Å². The van der Waals surface area contributed by atoms with Gasteiger partial charge in [0.15, 0.2) is 0 Å². The minimum Gasteiger partial charge on any atom is -0.511 e. The molecule has 5 rings (SSSR count). The standard InChI is InChI=1S/C25H24O3/c26-23-21(19-13-11-15-7-3-1-5-9-17(15)19)24(27)25(28)22(23)20-14-12-16-8-4-2-6-10-18(16)20/h1,3,5,7,9,11-14,16,18,20,22,26H,2,4,6,8,10H2. The van der Waals surface area contributed by atoms with E-state index in [1.54, 1.807) is 0 Å². The van der Waals surface area contributed by atoms with Crippen molar-refractivity contribution in [3.05, 3.63) is 65.9 Å². The zero-order valence-electron chi connectivity index (χ0n) is 15.8. The van der Waals surface area contributed by atoms with Crippen LogP contribution in [0.15, 0.2) is 60.4 Å². The van der Waals surface area contributed by atoms with Gasteiger partial charge in [0.25, 0.3) is 0 Å². The molecule has 28 heavy (non-hydrogen) atoms. The highest BCUT2D eigenvalue weighted by atomic mass is 16.3. The van der Waals surface area contributed by atoms with E-state index in [2.05, 4.69) is 12.2 Å². The lowest BCUT2D eigenvalue weighted by atomic mass is 9.76. The van der Waals surface area contributed by atoms with Gasteiger partial charge in [0, 0.05) is 0 Å². The molecule has 4 atom stereocenters. The summed E-state index contributed by atoms with van der Waals surface area (Å²) in [4.78, 5) is 25.9. The number of Topliss-reactive ketones (excluding diaryl/α,β-unsaturated/α-hetero) is 2. The van der Waals surface area contributed by atoms with Crippen molar-refractivity contribution in [1.29, 1.82) is 0 Å². The summed E-state index contributed by atoms with van der Waals surface area (Å²) in [7, 11) is 0. The van der Waals surface area contributed by atoms with Gasteiger partial charge in [-0.3, -0.25) is 9.59 Å². The van der Waals surface area contributed by atoms with E-state index in [4.69, 9.17) is 0 Å². The van der Waals surface area contributed by atoms with Gasteiger partial charge in [-0.1, -0.05) is 73.9 Å². The van der Waals surface area contributed by atoms with Crippen molar-refractivity contribution in [3.63, 3.8) is 0 Å². The Labute approximate surface area is 165 Å². The average Bonchev–Trinajstić information content (AvgIpc) is 3.16. The highest BCUT2D eigenvalue weighted by Gasteiger charge is 2.49. The molecule has 0 aliphatic heterocycles. The first kappa shape index (κ1) is 17.4. The maximum Gasteiger partial charge on any atom is 0.233 e. The third kappa shape index (κ3) is 2.56. The van der Waals surface area contributed by atoms with E-state index in [9.17, 15) is 14.7 Å². The van der Waals surface area contributed by atoms with Crippen molar-refractivity contribution in [2.24, 2.45) is 23.7 Å². The zero-order valence-corrected chi connectivity index (χ0v) is 15.8. The number of fused-ring (bicyclic) bond motifs is 2. The summed E-state index contributed by atoms with van der Waals surface area (Å²) in [6.45, 7) is 0. The number of ketones is 2. The molecule has 0 bridgehead atoms. The summed E-state index contributed by atoms with van der Waals surface area (Å²) >= 11 is 0. The Hall–Kier alpha value is -2.68. The second kappa shape index (κ2) is 6.73. The topological polar surface area (TPSA) is 54.4 Å². The number of rotatable bonds is 2. The summed E-state index contributed by atoms with van der Waals surface area (Å²) in [6.07, 6.45) is 10.1. The Kier molecular flexibility index (Phi) is 4.19. The molecule has 0 radical (unpaired) electrons. The van der Waals surface area contributed by atoms with Gasteiger partial charge in [0.2, 0.25) is 11.6 Å². The first-order chi connectivity index (χ1) is 13.7. The zero-order chi connectivity index (χ0) is 19.3. The van der Waals surface area contributed by atoms with E-state index in [1.807, 2.05) is 42.5 Å². The van der Waals surface area contributed by atoms with Crippen LogP contribution in [-0.2, 0) is 9.59 Å². The van der Waals surface area contributed by atoms with Gasteiger partial charge in [0.1, 0.15) is 5.76 Å². The molecular weight excluding hydrogens is 348 g/mol. The van der Waals surface area contributed by atoms with Crippen LogP contribution in [0.3, 0.4) is 0 Å². The Morgan fingerprint density at radius 3 is 2.54 bits per heavy atom. The SMILES string of the molecule is O=C1C(=O)C(C2C=CC3CCCCCC32)C(O)=C1c1ccc2cccccc1-2. The molecule has 3 nitrogen and oxygen atoms in total. The summed E-state index contributed by atoms with van der Waals surface area (Å²) in [5, 5.41) is 11.1. The van der Waals surface area contributed by atoms with Crippen molar-refractivity contribution >= 4 is 17.1 Å². The third-order valence-electron chi connectivity index (χ3n) is 6.93. The predicted octanol–water partition coefficient (Wildman–Crippen LogP) is 5.21. The lowest BCUT2D eigenvalue weighted by molar-refractivity contribution is -0.135. The van der Waals surface area contributed by atoms with Gasteiger partial charge in [0.05, 0.1) is 11.5 Å². The lowest BCUT2D eigenvalue weighted by Crippen LogP contribution is -2.29. The molecule has 0 aromatic rings. The van der Waals surface area contributed by atoms with Crippen LogP contribution in [0, 0.1) is 23.7 Å². The number of carbonyl (C=O) groups excluding carboxylic acids is 2. The summed E-state index contributed by atoms with van der Waals surface area (Å²) in [5.41, 5.74) is 2.77. The first-order valence-corrected chi connectivity index (χ1v) is 10.3. The van der Waals surface area contributed by atoms with E-state index < -0.39 is 17.5 Å². The molecule has 0 aromatic carbocycles. The van der Waals surface area contributed by atoms with Crippen LogP contribution in [-0.4, -0.2) is 16.7 Å². The van der Waals surface area contributed by atoms with Crippen molar-refractivity contribution in [2.75, 3.05) is 0 Å². The van der Waals surface area contributed by atoms with Gasteiger partial charge < -0.3 is 5.11 Å². The maximum absolute atomic E-state index is 13.0. The van der Waals surface area contributed by atoms with Crippen LogP contribution in [0.25, 0.3) is 16.7 Å². The molecule has 1 saturated carbocycles. The summed E-state index contributed by atoms with van der Waals surface area (Å²) in [5.74, 6) is -0.933. The molecule has 0 aromatic heterocycles. The van der Waals surface area contributed by atoms with Crippen molar-refractivity contribution < 1.29 is 14.7 Å². The smallest absolute Gasteiger partial charge is 0.233 e. The molecule has 1 fully saturated rings. The molecule has 0 amide bonds. The number of carbonyl (C=O) groups is 2. The largest absolute Gasteiger partial charge is 0.511 e. The Morgan fingerprint density at radius 1 is 0.821 bits per heavy atom. The number of allylic oxidation sites excluding steroid dienone is 4. The summed E-state index contributed by atoms with van der Waals surface area (Å²) < 4.78 is 0. The van der Waals surface area contributed by atoms with E-state index in [0.29, 0.717) is 17.4 Å². The van der Waals surface area contributed by atoms with Crippen LogP contribution < -0.4 is 0 Å². The molecule has 1 N–H and O–H groups in total. The minimum absolute atomic E-state index is 0.0199. The molecule has 142 valence electrons. The van der Waals surface area contributed by atoms with Crippen LogP contribution in [0.4, 0.5) is 0 Å². The number of hydrogen-bond donors (Lipinski definition) is 1. The molecule has 5 aliphatic carbocycles. The van der Waals surface area contributed by atoms with E-state index >= 15 is 0 Å². The van der Waals surface area contributed by atoms with Gasteiger partial charge in [-0.05, 0) is 47.3 Å². The van der Waals surface area contributed by atoms with Crippen LogP contribution >= 0.6 is 0 Å². The third-order valence-corrected chi connectivity index (χ3v) is 6.93. The fraction of sp³-hybridized carbons (Fsp3) is 0.360. The number of aliphatic hydroxyl groups excluding tert-OH is 1. The van der Waals surface area contributed by atoms with E-state index in [-0.39, 0.29) is 17.3 Å². The molecule has 4 unspecified atom stereocenters. The molecule has 0 saturated heterocycles. The van der Waals surface area contributed by atoms with Gasteiger partial charge in [-0.2, -0.15) is 0 Å². The average molecular weight is 372 g/mol. The van der Waals surface area contributed by atoms with E-state index in [1.165, 1.54) is 12.8 Å². The fourth-order valence-electron chi connectivity index (χ4n) is 5.56. The monoisotopic (exact) mass is 372 g/mol. The lowest BCUT2D eigenvalue weighted by Gasteiger charge is -2.26. The molecule has 5 aliphatic rings. The Balaban J connectivity index is 1.56.